The molecule has 0 N–H and O–H groups in total. The number of fused-ring (bicyclic) bond motifs is 10. The number of aromatic nitrogens is 4. The predicted molar refractivity (Wildman–Crippen MR) is 246 cm³/mol. The van der Waals surface area contributed by atoms with Gasteiger partial charge in [0.15, 0.2) is 11.4 Å². The number of hydrogen-bond acceptors (Lipinski definition) is 4. The van der Waals surface area contributed by atoms with Gasteiger partial charge in [0.25, 0.3) is 0 Å². The van der Waals surface area contributed by atoms with Crippen LogP contribution in [0.3, 0.4) is 0 Å². The van der Waals surface area contributed by atoms with Gasteiger partial charge in [-0.2, -0.15) is 0 Å². The fourth-order valence-electron chi connectivity index (χ4n) is 9.32. The fourth-order valence-corrected chi connectivity index (χ4v) is 10.5. The summed E-state index contributed by atoms with van der Waals surface area (Å²) >= 11 is 1.85. The molecular weight excluding hydrogens is 753 g/mol. The molecule has 0 saturated heterocycles. The molecule has 0 spiro atoms. The van der Waals surface area contributed by atoms with Crippen LogP contribution >= 0.6 is 11.8 Å². The highest BCUT2D eigenvalue weighted by atomic mass is 32.2. The van der Waals surface area contributed by atoms with Crippen molar-refractivity contribution in [1.82, 2.24) is 19.1 Å². The summed E-state index contributed by atoms with van der Waals surface area (Å²) in [7, 11) is 0. The first kappa shape index (κ1) is 33.3. The first-order valence-electron chi connectivity index (χ1n) is 20.2. The van der Waals surface area contributed by atoms with E-state index in [-0.39, 0.29) is 0 Å². The molecule has 0 aliphatic carbocycles. The van der Waals surface area contributed by atoms with Crippen molar-refractivity contribution in [2.45, 2.75) is 9.79 Å². The van der Waals surface area contributed by atoms with Gasteiger partial charge in [0, 0.05) is 48.2 Å². The van der Waals surface area contributed by atoms with E-state index in [1.165, 1.54) is 48.2 Å². The lowest BCUT2D eigenvalue weighted by molar-refractivity contribution is 0.667. The van der Waals surface area contributed by atoms with E-state index in [1.54, 1.807) is 0 Å². The molecule has 5 heterocycles. The Labute approximate surface area is 348 Å². The van der Waals surface area contributed by atoms with E-state index < -0.39 is 0 Å². The highest BCUT2D eigenvalue weighted by Crippen LogP contribution is 2.52. The van der Waals surface area contributed by atoms with Crippen LogP contribution in [-0.4, -0.2) is 19.1 Å². The molecule has 0 fully saturated rings. The molecule has 280 valence electrons. The van der Waals surface area contributed by atoms with Crippen molar-refractivity contribution in [3.8, 4) is 56.3 Å². The van der Waals surface area contributed by atoms with Gasteiger partial charge < -0.3 is 4.42 Å². The number of furan rings is 1. The molecule has 0 unspecified atom stereocenters. The van der Waals surface area contributed by atoms with Crippen molar-refractivity contribution in [3.63, 3.8) is 0 Å². The van der Waals surface area contributed by atoms with Crippen molar-refractivity contribution in [2.24, 2.45) is 0 Å². The topological polar surface area (TPSA) is 48.8 Å². The molecule has 1 aliphatic heterocycles. The van der Waals surface area contributed by atoms with Gasteiger partial charge in [-0.1, -0.05) is 163 Å². The lowest BCUT2D eigenvalue weighted by atomic mass is 9.97. The van der Waals surface area contributed by atoms with Gasteiger partial charge in [0.1, 0.15) is 22.4 Å². The van der Waals surface area contributed by atoms with Crippen molar-refractivity contribution in [2.75, 3.05) is 0 Å². The molecule has 0 bridgehead atoms. The summed E-state index contributed by atoms with van der Waals surface area (Å²) < 4.78 is 11.5. The second kappa shape index (κ2) is 12.9. The normalized spacial score (nSPS) is 12.3. The Morgan fingerprint density at radius 3 is 1.97 bits per heavy atom. The van der Waals surface area contributed by atoms with Crippen LogP contribution in [0.4, 0.5) is 0 Å². The Morgan fingerprint density at radius 2 is 1.12 bits per heavy atom. The molecule has 13 rings (SSSR count). The summed E-state index contributed by atoms with van der Waals surface area (Å²) in [5.74, 6) is 0.653. The lowest BCUT2D eigenvalue weighted by Gasteiger charge is -2.24. The number of para-hydroxylation sites is 4. The number of rotatable bonds is 5. The zero-order valence-corrected chi connectivity index (χ0v) is 32.9. The predicted octanol–water partition coefficient (Wildman–Crippen LogP) is 14.5. The van der Waals surface area contributed by atoms with E-state index in [1.807, 2.05) is 36.0 Å². The largest absolute Gasteiger partial charge is 0.452 e. The number of benzene rings is 8. The Morgan fingerprint density at radius 1 is 0.467 bits per heavy atom. The molecule has 4 aromatic heterocycles. The fraction of sp³-hybridized carbons (Fsp3) is 0. The first-order chi connectivity index (χ1) is 29.8. The van der Waals surface area contributed by atoms with Crippen LogP contribution in [0, 0.1) is 0 Å². The summed E-state index contributed by atoms with van der Waals surface area (Å²) in [6, 6.07) is 68.7. The van der Waals surface area contributed by atoms with Gasteiger partial charge in [0.2, 0.25) is 0 Å². The van der Waals surface area contributed by atoms with Gasteiger partial charge in [0.05, 0.1) is 16.7 Å². The van der Waals surface area contributed by atoms with Crippen molar-refractivity contribution < 1.29 is 4.42 Å². The van der Waals surface area contributed by atoms with Crippen LogP contribution in [0.25, 0.3) is 111 Å². The third kappa shape index (κ3) is 4.82. The Bertz CT molecular complexity index is 3680. The second-order valence-electron chi connectivity index (χ2n) is 15.3. The van der Waals surface area contributed by atoms with E-state index >= 15 is 0 Å². The van der Waals surface area contributed by atoms with Crippen LogP contribution in [0.5, 0.6) is 0 Å². The lowest BCUT2D eigenvalue weighted by Crippen LogP contribution is -2.06. The van der Waals surface area contributed by atoms with E-state index in [2.05, 4.69) is 179 Å². The molecular formula is C54H32N4OS. The van der Waals surface area contributed by atoms with Gasteiger partial charge >= 0.3 is 0 Å². The molecule has 0 amide bonds. The van der Waals surface area contributed by atoms with Crippen LogP contribution in [0.15, 0.2) is 208 Å². The molecule has 12 aromatic rings. The first-order valence-corrected chi connectivity index (χ1v) is 21.0. The molecule has 0 atom stereocenters. The van der Waals surface area contributed by atoms with Crippen LogP contribution in [-0.2, 0) is 0 Å². The van der Waals surface area contributed by atoms with Crippen LogP contribution < -0.4 is 0 Å². The molecule has 60 heavy (non-hydrogen) atoms. The molecule has 5 nitrogen and oxygen atoms in total. The van der Waals surface area contributed by atoms with Crippen molar-refractivity contribution in [1.29, 1.82) is 0 Å². The van der Waals surface area contributed by atoms with Gasteiger partial charge in [-0.15, -0.1) is 0 Å². The highest BCUT2D eigenvalue weighted by molar-refractivity contribution is 8.00. The minimum absolute atomic E-state index is 0.653. The van der Waals surface area contributed by atoms with E-state index in [9.17, 15) is 0 Å². The molecule has 8 aromatic carbocycles. The minimum atomic E-state index is 0.653. The van der Waals surface area contributed by atoms with Gasteiger partial charge in [-0.05, 0) is 64.7 Å². The summed E-state index contributed by atoms with van der Waals surface area (Å²) in [5, 5.41) is 4.74. The summed E-state index contributed by atoms with van der Waals surface area (Å²) in [6.45, 7) is 0. The highest BCUT2D eigenvalue weighted by Gasteiger charge is 2.30. The van der Waals surface area contributed by atoms with Crippen LogP contribution in [0.1, 0.15) is 0 Å². The average Bonchev–Trinajstić information content (AvgIpc) is 3.98. The van der Waals surface area contributed by atoms with E-state index in [0.29, 0.717) is 11.4 Å². The SMILES string of the molecule is c1ccc(-c2ccc(-c3nc(-c4ccccc4-c4cccc5c4Sc4cccc6c7c8ccccc8n(-c8ccccc8)c7n-5c46)nc4c3oc3ccccc34)cc2)cc1. The molecule has 0 saturated carbocycles. The van der Waals surface area contributed by atoms with Crippen molar-refractivity contribution in [3.05, 3.63) is 194 Å². The third-order valence-electron chi connectivity index (χ3n) is 12.0. The number of nitrogens with zero attached hydrogens (tertiary/aromatic N) is 4. The zero-order valence-electron chi connectivity index (χ0n) is 32.1. The standard InChI is InChI=1S/C54H32N4OS/c1-3-15-33(16-4-1)34-29-31-35(32-30-34)48-51-49(41-22-10-12-27-45(41)59-51)56-53(55-48)39-20-8-7-19-37(39)38-23-13-26-44-52(38)60-46-28-14-24-42-47-40-21-9-11-25-43(40)57(36-17-5-2-6-18-36)54(47)58(44)50(42)46/h1-32H. The summed E-state index contributed by atoms with van der Waals surface area (Å²) in [6.07, 6.45) is 0. The quantitative estimate of drug-likeness (QED) is 0.174. The smallest absolute Gasteiger partial charge is 0.180 e. The minimum Gasteiger partial charge on any atom is -0.452 e. The van der Waals surface area contributed by atoms with E-state index in [0.717, 1.165) is 61.4 Å². The average molecular weight is 785 g/mol. The van der Waals surface area contributed by atoms with Crippen molar-refractivity contribution >= 4 is 66.7 Å². The maximum Gasteiger partial charge on any atom is 0.180 e. The Hall–Kier alpha value is -7.67. The molecule has 0 radical (unpaired) electrons. The zero-order chi connectivity index (χ0) is 39.3. The Kier molecular flexibility index (Phi) is 7.17. The second-order valence-corrected chi connectivity index (χ2v) is 16.3. The Balaban J connectivity index is 1.04. The van der Waals surface area contributed by atoms with Crippen LogP contribution in [0.2, 0.25) is 0 Å². The van der Waals surface area contributed by atoms with Gasteiger partial charge in [-0.3, -0.25) is 9.13 Å². The monoisotopic (exact) mass is 784 g/mol. The molecule has 1 aliphatic rings. The van der Waals surface area contributed by atoms with E-state index in [4.69, 9.17) is 14.4 Å². The summed E-state index contributed by atoms with van der Waals surface area (Å²) in [4.78, 5) is 13.1. The number of hydrogen-bond donors (Lipinski definition) is 0. The third-order valence-corrected chi connectivity index (χ3v) is 13.1. The maximum absolute atomic E-state index is 6.55. The molecule has 6 heteroatoms. The summed E-state index contributed by atoms with van der Waals surface area (Å²) in [5.41, 5.74) is 15.4. The maximum atomic E-state index is 6.55. The van der Waals surface area contributed by atoms with Gasteiger partial charge in [-0.25, -0.2) is 9.97 Å².